The Morgan fingerprint density at radius 3 is 2.41 bits per heavy atom. The fourth-order valence-electron chi connectivity index (χ4n) is 1.16. The second-order valence-electron chi connectivity index (χ2n) is 3.06. The summed E-state index contributed by atoms with van der Waals surface area (Å²) in [6, 6.07) is 6.46. The van der Waals surface area contributed by atoms with Gasteiger partial charge in [-0.25, -0.2) is 10.9 Å². The van der Waals surface area contributed by atoms with Gasteiger partial charge in [-0.05, 0) is 23.6 Å². The van der Waals surface area contributed by atoms with E-state index >= 15 is 0 Å². The molecule has 0 aromatic carbocycles. The molecule has 0 unspecified atom stereocenters. The minimum atomic E-state index is -0.555. The summed E-state index contributed by atoms with van der Waals surface area (Å²) in [5, 5.41) is 2.35. The first-order valence-corrected chi connectivity index (χ1v) is 6.59. The summed E-state index contributed by atoms with van der Waals surface area (Å²) >= 11 is 8.03. The van der Waals surface area contributed by atoms with Crippen LogP contribution in [0.25, 0.3) is 0 Å². The van der Waals surface area contributed by atoms with E-state index in [0.717, 1.165) is 11.3 Å². The molecule has 7 heteroatoms. The number of carbonyl (C=O) groups excluding carboxylic acids is 2. The molecule has 0 atom stereocenters. The van der Waals surface area contributed by atoms with Crippen LogP contribution in [0.15, 0.2) is 29.6 Å². The zero-order chi connectivity index (χ0) is 12.4. The van der Waals surface area contributed by atoms with Gasteiger partial charge in [0.15, 0.2) is 0 Å². The number of halogens is 1. The first kappa shape index (κ1) is 12.3. The van der Waals surface area contributed by atoms with Crippen LogP contribution in [-0.2, 0) is 0 Å². The predicted molar refractivity (Wildman–Crippen MR) is 68.3 cm³/mol. The molecule has 2 heterocycles. The maximum Gasteiger partial charge on any atom is 0.285 e. The van der Waals surface area contributed by atoms with Crippen LogP contribution in [-0.4, -0.2) is 16.8 Å². The lowest BCUT2D eigenvalue weighted by molar-refractivity contribution is 0.0621. The number of thiophene rings is 2. The van der Waals surface area contributed by atoms with Crippen molar-refractivity contribution in [1.82, 2.24) is 5.01 Å². The van der Waals surface area contributed by atoms with Gasteiger partial charge in [0.1, 0.15) is 0 Å². The number of imide groups is 1. The lowest BCUT2D eigenvalue weighted by Gasteiger charge is -2.12. The smallest absolute Gasteiger partial charge is 0.266 e. The Morgan fingerprint density at radius 1 is 1.18 bits per heavy atom. The fraction of sp³-hybridized carbons (Fsp3) is 0. The van der Waals surface area contributed by atoms with Crippen LogP contribution >= 0.6 is 34.3 Å². The molecule has 0 aliphatic heterocycles. The molecule has 0 saturated carbocycles. The van der Waals surface area contributed by atoms with Gasteiger partial charge < -0.3 is 0 Å². The summed E-state index contributed by atoms with van der Waals surface area (Å²) in [4.78, 5) is 24.4. The summed E-state index contributed by atoms with van der Waals surface area (Å²) in [7, 11) is 0. The van der Waals surface area contributed by atoms with Crippen molar-refractivity contribution >= 4 is 46.1 Å². The van der Waals surface area contributed by atoms with Crippen molar-refractivity contribution < 1.29 is 9.59 Å². The Bertz CT molecular complexity index is 550. The third-order valence-electron chi connectivity index (χ3n) is 1.95. The fourth-order valence-corrected chi connectivity index (χ4v) is 2.80. The van der Waals surface area contributed by atoms with Crippen LogP contribution in [0.1, 0.15) is 19.3 Å². The van der Waals surface area contributed by atoms with Crippen LogP contribution in [0.3, 0.4) is 0 Å². The normalized spacial score (nSPS) is 10.2. The zero-order valence-corrected chi connectivity index (χ0v) is 10.8. The van der Waals surface area contributed by atoms with E-state index in [1.54, 1.807) is 23.6 Å². The number of carbonyl (C=O) groups is 2. The average molecular weight is 287 g/mol. The maximum atomic E-state index is 11.8. The Morgan fingerprint density at radius 2 is 1.88 bits per heavy atom. The van der Waals surface area contributed by atoms with E-state index < -0.39 is 11.8 Å². The molecular formula is C10H7ClN2O2S2. The lowest BCUT2D eigenvalue weighted by atomic mass is 10.4. The van der Waals surface area contributed by atoms with Gasteiger partial charge in [0.25, 0.3) is 11.8 Å². The van der Waals surface area contributed by atoms with Gasteiger partial charge in [-0.1, -0.05) is 17.7 Å². The van der Waals surface area contributed by atoms with Crippen LogP contribution in [0.5, 0.6) is 0 Å². The number of hydrogen-bond acceptors (Lipinski definition) is 5. The third kappa shape index (κ3) is 2.55. The number of rotatable bonds is 2. The number of hydrazine groups is 1. The highest BCUT2D eigenvalue weighted by molar-refractivity contribution is 7.18. The molecule has 0 saturated heterocycles. The standard InChI is InChI=1S/C10H7ClN2O2S2/c11-8-4-3-7(17-8)10(15)13(12)9(14)6-2-1-5-16-6/h1-5H,12H2. The van der Waals surface area contributed by atoms with Crippen LogP contribution in [0.2, 0.25) is 4.34 Å². The summed E-state index contributed by atoms with van der Waals surface area (Å²) in [5.41, 5.74) is 0. The molecule has 4 nitrogen and oxygen atoms in total. The topological polar surface area (TPSA) is 63.4 Å². The molecule has 0 spiro atoms. The molecule has 0 bridgehead atoms. The lowest BCUT2D eigenvalue weighted by Crippen LogP contribution is -2.41. The first-order chi connectivity index (χ1) is 8.09. The van der Waals surface area contributed by atoms with Gasteiger partial charge >= 0.3 is 0 Å². The number of hydrogen-bond donors (Lipinski definition) is 1. The van der Waals surface area contributed by atoms with Crippen LogP contribution in [0.4, 0.5) is 0 Å². The minimum Gasteiger partial charge on any atom is -0.266 e. The van der Waals surface area contributed by atoms with Crippen molar-refractivity contribution in [2.24, 2.45) is 5.84 Å². The quantitative estimate of drug-likeness (QED) is 0.399. The molecule has 2 aromatic rings. The molecule has 2 rings (SSSR count). The largest absolute Gasteiger partial charge is 0.285 e. The van der Waals surface area contributed by atoms with Crippen molar-refractivity contribution in [3.05, 3.63) is 43.7 Å². The predicted octanol–water partition coefficient (Wildman–Crippen LogP) is 2.62. The molecular weight excluding hydrogens is 280 g/mol. The van der Waals surface area contributed by atoms with E-state index in [1.807, 2.05) is 0 Å². The zero-order valence-electron chi connectivity index (χ0n) is 8.42. The van der Waals surface area contributed by atoms with Crippen LogP contribution < -0.4 is 5.84 Å². The summed E-state index contributed by atoms with van der Waals surface area (Å²) in [6.45, 7) is 0. The van der Waals surface area contributed by atoms with Crippen LogP contribution in [0, 0.1) is 0 Å². The SMILES string of the molecule is NN(C(=O)c1cccs1)C(=O)c1ccc(Cl)s1. The average Bonchev–Trinajstić information content (AvgIpc) is 2.96. The highest BCUT2D eigenvalue weighted by atomic mass is 35.5. The highest BCUT2D eigenvalue weighted by Gasteiger charge is 2.22. The molecule has 0 aliphatic rings. The van der Waals surface area contributed by atoms with Crippen molar-refractivity contribution in [2.45, 2.75) is 0 Å². The van der Waals surface area contributed by atoms with E-state index in [1.165, 1.54) is 17.4 Å². The summed E-state index contributed by atoms with van der Waals surface area (Å²) in [6.07, 6.45) is 0. The minimum absolute atomic E-state index is 0.336. The number of nitrogens with zero attached hydrogens (tertiary/aromatic N) is 1. The van der Waals surface area contributed by atoms with E-state index in [4.69, 9.17) is 17.4 Å². The summed E-state index contributed by atoms with van der Waals surface area (Å²) in [5.74, 6) is 4.42. The van der Waals surface area contributed by atoms with Gasteiger partial charge in [0.05, 0.1) is 14.1 Å². The molecule has 2 amide bonds. The molecule has 0 radical (unpaired) electrons. The van der Waals surface area contributed by atoms with Gasteiger partial charge in [-0.3, -0.25) is 9.59 Å². The van der Waals surface area contributed by atoms with Gasteiger partial charge in [-0.15, -0.1) is 22.7 Å². The molecule has 2 aromatic heterocycles. The van der Waals surface area contributed by atoms with Crippen molar-refractivity contribution in [2.75, 3.05) is 0 Å². The highest BCUT2D eigenvalue weighted by Crippen LogP contribution is 2.22. The Kier molecular flexibility index (Phi) is 3.58. The van der Waals surface area contributed by atoms with Gasteiger partial charge in [0.2, 0.25) is 0 Å². The third-order valence-corrected chi connectivity index (χ3v) is 4.03. The molecule has 0 aliphatic carbocycles. The second kappa shape index (κ2) is 4.97. The molecule has 0 fully saturated rings. The van der Waals surface area contributed by atoms with Gasteiger partial charge in [-0.2, -0.15) is 0 Å². The second-order valence-corrected chi connectivity index (χ2v) is 5.72. The maximum absolute atomic E-state index is 11.8. The van der Waals surface area contributed by atoms with Gasteiger partial charge in [0, 0.05) is 0 Å². The number of nitrogens with two attached hydrogens (primary N) is 1. The molecule has 2 N–H and O–H groups in total. The molecule has 17 heavy (non-hydrogen) atoms. The van der Waals surface area contributed by atoms with Crippen molar-refractivity contribution in [3.8, 4) is 0 Å². The Hall–Kier alpha value is -1.21. The Balaban J connectivity index is 2.18. The molecule has 88 valence electrons. The summed E-state index contributed by atoms with van der Waals surface area (Å²) < 4.78 is 0.477. The van der Waals surface area contributed by atoms with Crippen molar-refractivity contribution in [1.29, 1.82) is 0 Å². The van der Waals surface area contributed by atoms with E-state index in [0.29, 0.717) is 19.1 Å². The first-order valence-electron chi connectivity index (χ1n) is 4.52. The Labute approximate surface area is 110 Å². The van der Waals surface area contributed by atoms with E-state index in [-0.39, 0.29) is 0 Å². The van der Waals surface area contributed by atoms with E-state index in [9.17, 15) is 9.59 Å². The number of amides is 2. The van der Waals surface area contributed by atoms with E-state index in [2.05, 4.69) is 0 Å². The monoisotopic (exact) mass is 286 g/mol. The van der Waals surface area contributed by atoms with Crippen molar-refractivity contribution in [3.63, 3.8) is 0 Å².